The lowest BCUT2D eigenvalue weighted by Crippen LogP contribution is -2.32. The van der Waals surface area contributed by atoms with Crippen molar-refractivity contribution in [3.05, 3.63) is 40.7 Å². The summed E-state index contributed by atoms with van der Waals surface area (Å²) in [5, 5.41) is 10.4. The van der Waals surface area contributed by atoms with Crippen molar-refractivity contribution in [2.45, 2.75) is 39.5 Å². The summed E-state index contributed by atoms with van der Waals surface area (Å²) in [4.78, 5) is 16.7. The molecule has 3 rings (SSSR count). The quantitative estimate of drug-likeness (QED) is 0.858. The van der Waals surface area contributed by atoms with Crippen LogP contribution in [-0.4, -0.2) is 27.2 Å². The summed E-state index contributed by atoms with van der Waals surface area (Å²) in [6.45, 7) is 4.65. The van der Waals surface area contributed by atoms with Crippen molar-refractivity contribution in [3.8, 4) is 5.13 Å². The normalized spacial score (nSPS) is 17.4. The summed E-state index contributed by atoms with van der Waals surface area (Å²) < 4.78 is 1.87. The summed E-state index contributed by atoms with van der Waals surface area (Å²) in [7, 11) is 0. The first-order valence-electron chi connectivity index (χ1n) is 8.04. The van der Waals surface area contributed by atoms with Gasteiger partial charge in [0.1, 0.15) is 0 Å². The molecule has 1 amide bonds. The highest BCUT2D eigenvalue weighted by Crippen LogP contribution is 2.19. The Balaban J connectivity index is 1.52. The molecule has 1 N–H and O–H groups in total. The molecular formula is C17H22N4OS. The third-order valence-corrected chi connectivity index (χ3v) is 4.92. The summed E-state index contributed by atoms with van der Waals surface area (Å²) in [6, 6.07) is 2.04. The van der Waals surface area contributed by atoms with Gasteiger partial charge in [0, 0.05) is 30.0 Å². The summed E-state index contributed by atoms with van der Waals surface area (Å²) in [5.41, 5.74) is 3.08. The predicted octanol–water partition coefficient (Wildman–Crippen LogP) is 2.96. The highest BCUT2D eigenvalue weighted by Gasteiger charge is 2.18. The maximum absolute atomic E-state index is 12.1. The van der Waals surface area contributed by atoms with E-state index in [0.717, 1.165) is 47.9 Å². The van der Waals surface area contributed by atoms with E-state index in [2.05, 4.69) is 27.6 Å². The van der Waals surface area contributed by atoms with Gasteiger partial charge in [-0.25, -0.2) is 9.67 Å². The molecule has 0 spiro atoms. The van der Waals surface area contributed by atoms with E-state index in [0.29, 0.717) is 6.54 Å². The summed E-state index contributed by atoms with van der Waals surface area (Å²) in [6.07, 6.45) is 7.85. The van der Waals surface area contributed by atoms with Gasteiger partial charge in [-0.05, 0) is 39.2 Å². The third kappa shape index (κ3) is 3.88. The maximum atomic E-state index is 12.1. The van der Waals surface area contributed by atoms with Crippen molar-refractivity contribution in [1.29, 1.82) is 0 Å². The molecule has 23 heavy (non-hydrogen) atoms. The van der Waals surface area contributed by atoms with Crippen LogP contribution in [0.25, 0.3) is 5.13 Å². The molecule has 1 unspecified atom stereocenters. The number of amides is 1. The van der Waals surface area contributed by atoms with Gasteiger partial charge in [-0.2, -0.15) is 5.10 Å². The van der Waals surface area contributed by atoms with Crippen LogP contribution in [0.2, 0.25) is 0 Å². The Morgan fingerprint density at radius 1 is 1.43 bits per heavy atom. The van der Waals surface area contributed by atoms with Crippen LogP contribution in [0.3, 0.4) is 0 Å². The summed E-state index contributed by atoms with van der Waals surface area (Å²) in [5.74, 6) is 0.309. The molecule has 1 aliphatic carbocycles. The molecule has 1 atom stereocenters. The number of allylic oxidation sites excluding steroid dienone is 2. The van der Waals surface area contributed by atoms with Gasteiger partial charge in [0.05, 0.1) is 11.4 Å². The Labute approximate surface area is 140 Å². The lowest BCUT2D eigenvalue weighted by atomic mass is 9.94. The molecule has 0 fully saturated rings. The molecule has 5 nitrogen and oxygen atoms in total. The van der Waals surface area contributed by atoms with Crippen molar-refractivity contribution in [2.24, 2.45) is 5.92 Å². The van der Waals surface area contributed by atoms with Crippen molar-refractivity contribution < 1.29 is 4.79 Å². The molecule has 0 bridgehead atoms. The lowest BCUT2D eigenvalue weighted by molar-refractivity contribution is -0.125. The highest BCUT2D eigenvalue weighted by atomic mass is 32.1. The number of carbonyl (C=O) groups excluding carboxylic acids is 1. The van der Waals surface area contributed by atoms with Crippen LogP contribution in [0.1, 0.15) is 36.3 Å². The third-order valence-electron chi connectivity index (χ3n) is 4.05. The van der Waals surface area contributed by atoms with E-state index < -0.39 is 0 Å². The Bertz CT molecular complexity index is 716. The Morgan fingerprint density at radius 2 is 2.30 bits per heavy atom. The smallest absolute Gasteiger partial charge is 0.223 e. The van der Waals surface area contributed by atoms with E-state index in [1.807, 2.05) is 30.0 Å². The lowest BCUT2D eigenvalue weighted by Gasteiger charge is -2.16. The molecule has 0 radical (unpaired) electrons. The number of thiazole rings is 1. The molecule has 0 saturated carbocycles. The van der Waals surface area contributed by atoms with E-state index in [1.165, 1.54) is 0 Å². The topological polar surface area (TPSA) is 59.8 Å². The van der Waals surface area contributed by atoms with Crippen LogP contribution in [0.15, 0.2) is 23.6 Å². The number of hydrogen-bond acceptors (Lipinski definition) is 4. The van der Waals surface area contributed by atoms with Gasteiger partial charge in [-0.15, -0.1) is 11.3 Å². The van der Waals surface area contributed by atoms with Crippen LogP contribution in [0.5, 0.6) is 0 Å². The molecule has 1 aliphatic rings. The fourth-order valence-corrected chi connectivity index (χ4v) is 3.69. The van der Waals surface area contributed by atoms with Crippen LogP contribution < -0.4 is 5.32 Å². The molecule has 0 aliphatic heterocycles. The molecule has 2 aromatic heterocycles. The fraction of sp³-hybridized carbons (Fsp3) is 0.471. The van der Waals surface area contributed by atoms with E-state index >= 15 is 0 Å². The van der Waals surface area contributed by atoms with Crippen LogP contribution in [0.4, 0.5) is 0 Å². The minimum absolute atomic E-state index is 0.140. The molecule has 0 aromatic carbocycles. The largest absolute Gasteiger partial charge is 0.355 e. The van der Waals surface area contributed by atoms with Crippen molar-refractivity contribution in [3.63, 3.8) is 0 Å². The average Bonchev–Trinajstić information content (AvgIpc) is 3.14. The van der Waals surface area contributed by atoms with Crippen LogP contribution in [0, 0.1) is 19.8 Å². The van der Waals surface area contributed by atoms with E-state index in [9.17, 15) is 4.79 Å². The van der Waals surface area contributed by atoms with Gasteiger partial charge >= 0.3 is 0 Å². The van der Waals surface area contributed by atoms with Gasteiger partial charge in [-0.1, -0.05) is 12.2 Å². The monoisotopic (exact) mass is 330 g/mol. The van der Waals surface area contributed by atoms with Crippen molar-refractivity contribution in [1.82, 2.24) is 20.1 Å². The molecule has 0 saturated heterocycles. The van der Waals surface area contributed by atoms with E-state index in [-0.39, 0.29) is 11.8 Å². The minimum Gasteiger partial charge on any atom is -0.355 e. The number of nitrogens with one attached hydrogen (secondary N) is 1. The molecule has 122 valence electrons. The fourth-order valence-electron chi connectivity index (χ4n) is 2.82. The molecule has 2 aromatic rings. The zero-order valence-electron chi connectivity index (χ0n) is 13.6. The molecule has 6 heteroatoms. The van der Waals surface area contributed by atoms with E-state index in [1.54, 1.807) is 11.3 Å². The van der Waals surface area contributed by atoms with Gasteiger partial charge in [-0.3, -0.25) is 4.79 Å². The van der Waals surface area contributed by atoms with Gasteiger partial charge < -0.3 is 5.32 Å². The first kappa shape index (κ1) is 15.9. The second kappa shape index (κ2) is 7.08. The first-order valence-corrected chi connectivity index (χ1v) is 8.92. The Morgan fingerprint density at radius 3 is 3.00 bits per heavy atom. The van der Waals surface area contributed by atoms with Crippen LogP contribution >= 0.6 is 11.3 Å². The van der Waals surface area contributed by atoms with Gasteiger partial charge in [0.15, 0.2) is 0 Å². The first-order chi connectivity index (χ1) is 11.1. The summed E-state index contributed by atoms with van der Waals surface area (Å²) >= 11 is 1.58. The second-order valence-corrected chi connectivity index (χ2v) is 6.82. The minimum atomic E-state index is 0.140. The van der Waals surface area contributed by atoms with Crippen molar-refractivity contribution >= 4 is 17.2 Å². The standard InChI is InChI=1S/C17H22N4OS/c1-12-10-13(2)21(20-12)17-19-15(11-23-17)8-9-18-16(22)14-6-4-3-5-7-14/h3-4,10-11,14H,5-9H2,1-2H3,(H,18,22). The predicted molar refractivity (Wildman–Crippen MR) is 91.9 cm³/mol. The average molecular weight is 330 g/mol. The number of aromatic nitrogens is 3. The SMILES string of the molecule is Cc1cc(C)n(-c2nc(CCNC(=O)C3CC=CCC3)cs2)n1. The van der Waals surface area contributed by atoms with Gasteiger partial charge in [0.25, 0.3) is 0 Å². The zero-order valence-corrected chi connectivity index (χ0v) is 14.4. The Kier molecular flexibility index (Phi) is 4.91. The number of hydrogen-bond donors (Lipinski definition) is 1. The molecule has 2 heterocycles. The Hall–Kier alpha value is -1.95. The van der Waals surface area contributed by atoms with Crippen molar-refractivity contribution in [2.75, 3.05) is 6.54 Å². The van der Waals surface area contributed by atoms with Gasteiger partial charge in [0.2, 0.25) is 11.0 Å². The van der Waals surface area contributed by atoms with E-state index in [4.69, 9.17) is 0 Å². The van der Waals surface area contributed by atoms with Crippen LogP contribution in [-0.2, 0) is 11.2 Å². The molecular weight excluding hydrogens is 308 g/mol. The number of rotatable bonds is 5. The number of carbonyl (C=O) groups is 1. The number of nitrogens with zero attached hydrogens (tertiary/aromatic N) is 3. The maximum Gasteiger partial charge on any atom is 0.223 e. The number of aryl methyl sites for hydroxylation is 2. The zero-order chi connectivity index (χ0) is 16.2. The highest BCUT2D eigenvalue weighted by molar-refractivity contribution is 7.12. The second-order valence-electron chi connectivity index (χ2n) is 5.98.